The van der Waals surface area contributed by atoms with Gasteiger partial charge >= 0.3 is 0 Å². The van der Waals surface area contributed by atoms with E-state index in [0.29, 0.717) is 11.8 Å². The predicted molar refractivity (Wildman–Crippen MR) is 78.6 cm³/mol. The van der Waals surface area contributed by atoms with Gasteiger partial charge in [0.1, 0.15) is 11.6 Å². The fourth-order valence-electron chi connectivity index (χ4n) is 3.44. The normalized spacial score (nSPS) is 26.7. The van der Waals surface area contributed by atoms with Crippen molar-refractivity contribution in [3.63, 3.8) is 0 Å². The fourth-order valence-corrected chi connectivity index (χ4v) is 3.44. The molecule has 0 amide bonds. The Hall–Kier alpha value is -0.960. The van der Waals surface area contributed by atoms with Gasteiger partial charge in [0.25, 0.3) is 0 Å². The van der Waals surface area contributed by atoms with E-state index >= 15 is 0 Å². The molecule has 20 heavy (non-hydrogen) atoms. The van der Waals surface area contributed by atoms with E-state index in [1.165, 1.54) is 25.0 Å². The lowest BCUT2D eigenvalue weighted by Crippen LogP contribution is -2.33. The summed E-state index contributed by atoms with van der Waals surface area (Å²) in [4.78, 5) is 0. The quantitative estimate of drug-likeness (QED) is 0.854. The Morgan fingerprint density at radius 1 is 1.10 bits per heavy atom. The van der Waals surface area contributed by atoms with Gasteiger partial charge in [0.15, 0.2) is 0 Å². The molecule has 1 nitrogen and oxygen atoms in total. The fraction of sp³-hybridized carbons (Fsp3) is 0.647. The van der Waals surface area contributed by atoms with Crippen molar-refractivity contribution < 1.29 is 8.78 Å². The summed E-state index contributed by atoms with van der Waals surface area (Å²) in [5.41, 5.74) is 0.795. The highest BCUT2D eigenvalue weighted by Gasteiger charge is 2.28. The van der Waals surface area contributed by atoms with Gasteiger partial charge in [0.2, 0.25) is 0 Å². The standard InChI is InChI=1S/C17H25F2N/c1-3-20-11-14-5-4-12(2)6-15(14)7-13-8-16(18)10-17(19)9-13/h8-10,12,14-15,20H,3-7,11H2,1-2H3. The van der Waals surface area contributed by atoms with Crippen molar-refractivity contribution in [2.24, 2.45) is 17.8 Å². The Morgan fingerprint density at radius 3 is 2.45 bits per heavy atom. The van der Waals surface area contributed by atoms with E-state index < -0.39 is 11.6 Å². The van der Waals surface area contributed by atoms with E-state index in [1.54, 1.807) is 0 Å². The minimum absolute atomic E-state index is 0.466. The first-order chi connectivity index (χ1) is 9.58. The minimum Gasteiger partial charge on any atom is -0.317 e. The van der Waals surface area contributed by atoms with Gasteiger partial charge in [-0.15, -0.1) is 0 Å². The summed E-state index contributed by atoms with van der Waals surface area (Å²) in [5.74, 6) is 0.937. The van der Waals surface area contributed by atoms with E-state index in [1.807, 2.05) is 0 Å². The first kappa shape index (κ1) is 15.4. The molecule has 3 unspecified atom stereocenters. The summed E-state index contributed by atoms with van der Waals surface area (Å²) in [6.45, 7) is 6.39. The monoisotopic (exact) mass is 281 g/mol. The van der Waals surface area contributed by atoms with Gasteiger partial charge in [-0.2, -0.15) is 0 Å². The second-order valence-corrected chi connectivity index (χ2v) is 6.23. The van der Waals surface area contributed by atoms with Crippen LogP contribution in [0.3, 0.4) is 0 Å². The molecule has 112 valence electrons. The Bertz CT molecular complexity index is 411. The maximum absolute atomic E-state index is 13.3. The molecule has 1 N–H and O–H groups in total. The summed E-state index contributed by atoms with van der Waals surface area (Å²) >= 11 is 0. The second-order valence-electron chi connectivity index (χ2n) is 6.23. The number of benzene rings is 1. The van der Waals surface area contributed by atoms with Crippen LogP contribution in [0.25, 0.3) is 0 Å². The third kappa shape index (κ3) is 4.27. The zero-order valence-electron chi connectivity index (χ0n) is 12.5. The third-order valence-electron chi connectivity index (χ3n) is 4.48. The molecule has 0 heterocycles. The van der Waals surface area contributed by atoms with Crippen LogP contribution in [0.5, 0.6) is 0 Å². The van der Waals surface area contributed by atoms with Crippen molar-refractivity contribution in [3.05, 3.63) is 35.4 Å². The molecule has 1 aromatic rings. The molecule has 0 aromatic heterocycles. The molecule has 3 heteroatoms. The van der Waals surface area contributed by atoms with Crippen molar-refractivity contribution in [3.8, 4) is 0 Å². The summed E-state index contributed by atoms with van der Waals surface area (Å²) in [5, 5.41) is 3.42. The number of nitrogens with one attached hydrogen (secondary N) is 1. The first-order valence-electron chi connectivity index (χ1n) is 7.74. The molecule has 1 aliphatic carbocycles. The van der Waals surface area contributed by atoms with Crippen LogP contribution in [0.1, 0.15) is 38.7 Å². The molecule has 2 rings (SSSR count). The summed E-state index contributed by atoms with van der Waals surface area (Å²) < 4.78 is 26.6. The summed E-state index contributed by atoms with van der Waals surface area (Å²) in [6.07, 6.45) is 4.43. The smallest absolute Gasteiger partial charge is 0.126 e. The lowest BCUT2D eigenvalue weighted by Gasteiger charge is -2.35. The lowest BCUT2D eigenvalue weighted by atomic mass is 9.72. The Kier molecular flexibility index (Phi) is 5.53. The maximum Gasteiger partial charge on any atom is 0.126 e. The Morgan fingerprint density at radius 2 is 1.80 bits per heavy atom. The molecule has 0 spiro atoms. The molecule has 1 fully saturated rings. The summed E-state index contributed by atoms with van der Waals surface area (Å²) in [7, 11) is 0. The highest BCUT2D eigenvalue weighted by molar-refractivity contribution is 5.18. The minimum atomic E-state index is -0.466. The number of rotatable bonds is 5. The molecule has 0 saturated heterocycles. The van der Waals surface area contributed by atoms with E-state index in [2.05, 4.69) is 19.2 Å². The number of hydrogen-bond acceptors (Lipinski definition) is 1. The van der Waals surface area contributed by atoms with Gasteiger partial charge in [-0.1, -0.05) is 20.3 Å². The van der Waals surface area contributed by atoms with E-state index in [9.17, 15) is 8.78 Å². The average molecular weight is 281 g/mol. The molecule has 1 saturated carbocycles. The molecular weight excluding hydrogens is 256 g/mol. The first-order valence-corrected chi connectivity index (χ1v) is 7.74. The van der Waals surface area contributed by atoms with Crippen LogP contribution in [-0.4, -0.2) is 13.1 Å². The topological polar surface area (TPSA) is 12.0 Å². The van der Waals surface area contributed by atoms with Crippen LogP contribution < -0.4 is 5.32 Å². The van der Waals surface area contributed by atoms with Gasteiger partial charge in [0.05, 0.1) is 0 Å². The van der Waals surface area contributed by atoms with Gasteiger partial charge in [-0.3, -0.25) is 0 Å². The SMILES string of the molecule is CCNCC1CCC(C)CC1Cc1cc(F)cc(F)c1. The molecule has 0 bridgehead atoms. The van der Waals surface area contributed by atoms with Gasteiger partial charge in [-0.25, -0.2) is 8.78 Å². The third-order valence-corrected chi connectivity index (χ3v) is 4.48. The van der Waals surface area contributed by atoms with E-state index in [-0.39, 0.29) is 0 Å². The van der Waals surface area contributed by atoms with Crippen LogP contribution in [0.15, 0.2) is 18.2 Å². The Labute approximate surface area is 120 Å². The van der Waals surface area contributed by atoms with Gasteiger partial charge < -0.3 is 5.32 Å². The van der Waals surface area contributed by atoms with Gasteiger partial charge in [-0.05, 0) is 67.8 Å². The maximum atomic E-state index is 13.3. The molecule has 3 atom stereocenters. The van der Waals surface area contributed by atoms with Crippen molar-refractivity contribution in [1.29, 1.82) is 0 Å². The zero-order chi connectivity index (χ0) is 14.5. The molecule has 1 aliphatic rings. The second kappa shape index (κ2) is 7.16. The van der Waals surface area contributed by atoms with E-state index in [4.69, 9.17) is 0 Å². The lowest BCUT2D eigenvalue weighted by molar-refractivity contribution is 0.184. The van der Waals surface area contributed by atoms with Crippen molar-refractivity contribution in [2.75, 3.05) is 13.1 Å². The zero-order valence-corrected chi connectivity index (χ0v) is 12.5. The summed E-state index contributed by atoms with van der Waals surface area (Å²) in [6, 6.07) is 3.91. The molecule has 0 aliphatic heterocycles. The van der Waals surface area contributed by atoms with Gasteiger partial charge in [0, 0.05) is 6.07 Å². The van der Waals surface area contributed by atoms with Crippen molar-refractivity contribution >= 4 is 0 Å². The average Bonchev–Trinajstić information content (AvgIpc) is 2.36. The predicted octanol–water partition coefficient (Wildman–Crippen LogP) is 4.17. The Balaban J connectivity index is 2.06. The van der Waals surface area contributed by atoms with Crippen LogP contribution in [-0.2, 0) is 6.42 Å². The van der Waals surface area contributed by atoms with E-state index in [0.717, 1.165) is 43.5 Å². The number of halogens is 2. The van der Waals surface area contributed by atoms with Crippen LogP contribution >= 0.6 is 0 Å². The van der Waals surface area contributed by atoms with Crippen LogP contribution in [0.4, 0.5) is 8.78 Å². The largest absolute Gasteiger partial charge is 0.317 e. The number of hydrogen-bond donors (Lipinski definition) is 1. The molecular formula is C17H25F2N. The molecule has 1 aromatic carbocycles. The van der Waals surface area contributed by atoms with Crippen LogP contribution in [0.2, 0.25) is 0 Å². The van der Waals surface area contributed by atoms with Crippen molar-refractivity contribution in [2.45, 2.75) is 39.5 Å². The highest BCUT2D eigenvalue weighted by atomic mass is 19.1. The molecule has 0 radical (unpaired) electrons. The van der Waals surface area contributed by atoms with Crippen molar-refractivity contribution in [1.82, 2.24) is 5.32 Å². The highest BCUT2D eigenvalue weighted by Crippen LogP contribution is 2.35. The van der Waals surface area contributed by atoms with Crippen LogP contribution in [0, 0.1) is 29.4 Å².